The lowest BCUT2D eigenvalue weighted by molar-refractivity contribution is 0.0474. The summed E-state index contributed by atoms with van der Waals surface area (Å²) in [5.74, 6) is 0.662. The van der Waals surface area contributed by atoms with E-state index in [1.807, 2.05) is 68.2 Å². The number of halogens is 1. The number of hydrogen-bond donors (Lipinski definition) is 3. The predicted molar refractivity (Wildman–Crippen MR) is 128 cm³/mol. The van der Waals surface area contributed by atoms with Gasteiger partial charge in [0.05, 0.1) is 17.8 Å². The maximum Gasteiger partial charge on any atom is 0.408 e. The van der Waals surface area contributed by atoms with Crippen LogP contribution in [-0.4, -0.2) is 72.1 Å². The fourth-order valence-electron chi connectivity index (χ4n) is 2.55. The van der Waals surface area contributed by atoms with Crippen molar-refractivity contribution < 1.29 is 9.53 Å². The molecule has 0 radical (unpaired) electrons. The molecule has 0 saturated carbocycles. The molecule has 0 aliphatic carbocycles. The molecule has 1 unspecified atom stereocenters. The maximum atomic E-state index is 12.0. The van der Waals surface area contributed by atoms with E-state index in [-0.39, 0.29) is 30.0 Å². The molecule has 1 rings (SSSR count). The normalized spacial score (nSPS) is 13.5. The van der Waals surface area contributed by atoms with Crippen LogP contribution in [0, 0.1) is 0 Å². The van der Waals surface area contributed by atoms with Gasteiger partial charge in [-0.3, -0.25) is 9.67 Å². The summed E-state index contributed by atoms with van der Waals surface area (Å²) >= 11 is 0. The SMILES string of the molecule is CN=C(NCC(c1cnn(C)c1)N(C)C)NCC(C)(C)NC(=O)OC(C)(C)C.I. The van der Waals surface area contributed by atoms with E-state index in [0.717, 1.165) is 5.56 Å². The van der Waals surface area contributed by atoms with E-state index in [0.29, 0.717) is 19.0 Å². The maximum absolute atomic E-state index is 12.0. The highest BCUT2D eigenvalue weighted by Crippen LogP contribution is 2.16. The molecule has 1 aromatic heterocycles. The zero-order chi connectivity index (χ0) is 21.5. The number of guanidine groups is 1. The Kier molecular flexibility index (Phi) is 11.0. The quantitative estimate of drug-likeness (QED) is 0.288. The molecular weight excluding hydrogens is 485 g/mol. The average molecular weight is 523 g/mol. The summed E-state index contributed by atoms with van der Waals surface area (Å²) in [5, 5.41) is 13.7. The third-order valence-corrected chi connectivity index (χ3v) is 3.96. The molecule has 1 amide bonds. The first kappa shape index (κ1) is 27.4. The van der Waals surface area contributed by atoms with Crippen molar-refractivity contribution in [3.8, 4) is 0 Å². The summed E-state index contributed by atoms with van der Waals surface area (Å²) in [7, 11) is 7.69. The van der Waals surface area contributed by atoms with Gasteiger partial charge in [0.25, 0.3) is 0 Å². The van der Waals surface area contributed by atoms with Crippen LogP contribution in [-0.2, 0) is 11.8 Å². The molecule has 1 aromatic rings. The molecule has 0 spiro atoms. The number of ether oxygens (including phenoxy) is 1. The van der Waals surface area contributed by atoms with E-state index >= 15 is 0 Å². The Morgan fingerprint density at radius 2 is 1.90 bits per heavy atom. The van der Waals surface area contributed by atoms with E-state index < -0.39 is 17.2 Å². The average Bonchev–Trinajstić information content (AvgIpc) is 2.93. The molecule has 10 heteroatoms. The molecule has 168 valence electrons. The third-order valence-electron chi connectivity index (χ3n) is 3.96. The lowest BCUT2D eigenvalue weighted by Crippen LogP contribution is -2.54. The van der Waals surface area contributed by atoms with Crippen LogP contribution in [0.15, 0.2) is 17.4 Å². The van der Waals surface area contributed by atoms with Gasteiger partial charge in [-0.1, -0.05) is 0 Å². The highest BCUT2D eigenvalue weighted by Gasteiger charge is 2.25. The van der Waals surface area contributed by atoms with Crippen molar-refractivity contribution >= 4 is 36.0 Å². The molecular formula is C19H38IN7O2. The number of aryl methyl sites for hydroxylation is 1. The van der Waals surface area contributed by atoms with Crippen molar-refractivity contribution in [1.82, 2.24) is 30.6 Å². The summed E-state index contributed by atoms with van der Waals surface area (Å²) in [6.07, 6.45) is 3.44. The van der Waals surface area contributed by atoms with Crippen LogP contribution in [0.5, 0.6) is 0 Å². The number of aromatic nitrogens is 2. The molecule has 1 atom stereocenters. The summed E-state index contributed by atoms with van der Waals surface area (Å²) in [6.45, 7) is 10.5. The highest BCUT2D eigenvalue weighted by molar-refractivity contribution is 14.0. The van der Waals surface area contributed by atoms with Crippen molar-refractivity contribution in [2.75, 3.05) is 34.2 Å². The van der Waals surface area contributed by atoms with Crippen LogP contribution in [0.3, 0.4) is 0 Å². The first-order chi connectivity index (χ1) is 12.8. The summed E-state index contributed by atoms with van der Waals surface area (Å²) < 4.78 is 7.12. The Morgan fingerprint density at radius 3 is 2.34 bits per heavy atom. The zero-order valence-electron chi connectivity index (χ0n) is 19.2. The summed E-state index contributed by atoms with van der Waals surface area (Å²) in [5.41, 5.74) is 0.0884. The lowest BCUT2D eigenvalue weighted by Gasteiger charge is -2.30. The number of aliphatic imine (C=N–C) groups is 1. The number of carbonyl (C=O) groups is 1. The molecule has 29 heavy (non-hydrogen) atoms. The number of carbonyl (C=O) groups excluding carboxylic acids is 1. The van der Waals surface area contributed by atoms with Gasteiger partial charge in [0.2, 0.25) is 0 Å². The first-order valence-corrected chi connectivity index (χ1v) is 9.43. The van der Waals surface area contributed by atoms with E-state index in [4.69, 9.17) is 4.74 Å². The fourth-order valence-corrected chi connectivity index (χ4v) is 2.55. The number of rotatable bonds is 7. The molecule has 0 aromatic carbocycles. The second-order valence-corrected chi connectivity index (χ2v) is 8.74. The van der Waals surface area contributed by atoms with E-state index in [1.165, 1.54) is 0 Å². The summed E-state index contributed by atoms with van der Waals surface area (Å²) in [4.78, 5) is 18.4. The highest BCUT2D eigenvalue weighted by atomic mass is 127. The smallest absolute Gasteiger partial charge is 0.408 e. The van der Waals surface area contributed by atoms with Gasteiger partial charge in [0, 0.05) is 38.9 Å². The zero-order valence-corrected chi connectivity index (χ0v) is 21.5. The van der Waals surface area contributed by atoms with Gasteiger partial charge in [0.15, 0.2) is 5.96 Å². The van der Waals surface area contributed by atoms with Crippen LogP contribution >= 0.6 is 24.0 Å². The van der Waals surface area contributed by atoms with Crippen LogP contribution in [0.25, 0.3) is 0 Å². The number of nitrogens with zero attached hydrogens (tertiary/aromatic N) is 4. The monoisotopic (exact) mass is 523 g/mol. The van der Waals surface area contributed by atoms with Crippen molar-refractivity contribution in [2.45, 2.75) is 51.8 Å². The minimum atomic E-state index is -0.529. The van der Waals surface area contributed by atoms with Gasteiger partial charge >= 0.3 is 6.09 Å². The molecule has 0 aliphatic rings. The van der Waals surface area contributed by atoms with E-state index in [1.54, 1.807) is 11.7 Å². The molecule has 1 heterocycles. The summed E-state index contributed by atoms with van der Waals surface area (Å²) in [6, 6.07) is 0.153. The minimum Gasteiger partial charge on any atom is -0.444 e. The number of hydrogen-bond acceptors (Lipinski definition) is 5. The molecule has 0 bridgehead atoms. The van der Waals surface area contributed by atoms with Gasteiger partial charge in [-0.25, -0.2) is 4.79 Å². The largest absolute Gasteiger partial charge is 0.444 e. The van der Waals surface area contributed by atoms with Crippen molar-refractivity contribution in [3.63, 3.8) is 0 Å². The predicted octanol–water partition coefficient (Wildman–Crippen LogP) is 2.11. The van der Waals surface area contributed by atoms with Crippen molar-refractivity contribution in [1.29, 1.82) is 0 Å². The van der Waals surface area contributed by atoms with Crippen LogP contribution < -0.4 is 16.0 Å². The second-order valence-electron chi connectivity index (χ2n) is 8.74. The van der Waals surface area contributed by atoms with Gasteiger partial charge in [-0.2, -0.15) is 5.10 Å². The molecule has 0 aliphatic heterocycles. The Balaban J connectivity index is 0.00000784. The number of likely N-dealkylation sites (N-methyl/N-ethyl adjacent to an activating group) is 1. The van der Waals surface area contributed by atoms with Crippen LogP contribution in [0.1, 0.15) is 46.2 Å². The van der Waals surface area contributed by atoms with E-state index in [2.05, 4.69) is 30.9 Å². The fraction of sp³-hybridized carbons (Fsp3) is 0.737. The van der Waals surface area contributed by atoms with Gasteiger partial charge in [-0.05, 0) is 48.7 Å². The first-order valence-electron chi connectivity index (χ1n) is 9.43. The Labute approximate surface area is 192 Å². The Bertz CT molecular complexity index is 666. The van der Waals surface area contributed by atoms with E-state index in [9.17, 15) is 4.79 Å². The third kappa shape index (κ3) is 10.7. The van der Waals surface area contributed by atoms with Gasteiger partial charge in [0.1, 0.15) is 5.60 Å². The van der Waals surface area contributed by atoms with Crippen LogP contribution in [0.4, 0.5) is 4.79 Å². The molecule has 9 nitrogen and oxygen atoms in total. The van der Waals surface area contributed by atoms with Crippen molar-refractivity contribution in [3.05, 3.63) is 18.0 Å². The Hall–Kier alpha value is -1.56. The van der Waals surface area contributed by atoms with Gasteiger partial charge < -0.3 is 25.6 Å². The number of nitrogens with one attached hydrogen (secondary N) is 3. The molecule has 0 fully saturated rings. The minimum absolute atomic E-state index is 0. The second kappa shape index (κ2) is 11.6. The lowest BCUT2D eigenvalue weighted by atomic mass is 10.1. The van der Waals surface area contributed by atoms with Crippen LogP contribution in [0.2, 0.25) is 0 Å². The number of amides is 1. The molecule has 0 saturated heterocycles. The number of alkyl carbamates (subject to hydrolysis) is 1. The Morgan fingerprint density at radius 1 is 1.28 bits per heavy atom. The van der Waals surface area contributed by atoms with Gasteiger partial charge in [-0.15, -0.1) is 24.0 Å². The standard InChI is InChI=1S/C19H37N7O2.HI/c1-18(2,3)28-17(27)24-19(4,5)13-22-16(20-6)21-11-15(25(7)8)14-10-23-26(9)12-14;/h10,12,15H,11,13H2,1-9H3,(H,24,27)(H2,20,21,22);1H. The molecule has 3 N–H and O–H groups in total. The van der Waals surface area contributed by atoms with Crippen molar-refractivity contribution in [2.24, 2.45) is 12.0 Å². The topological polar surface area (TPSA) is 95.8 Å².